The number of benzene rings is 1. The number of hydrogen-bond acceptors (Lipinski definition) is 4. The largest absolute Gasteiger partial charge is 0.462 e. The zero-order valence-corrected chi connectivity index (χ0v) is 8.07. The summed E-state index contributed by atoms with van der Waals surface area (Å²) in [6, 6.07) is 4.84. The van der Waals surface area contributed by atoms with E-state index < -0.39 is 11.6 Å². The zero-order chi connectivity index (χ0) is 10.8. The predicted molar refractivity (Wildman–Crippen MR) is 52.8 cm³/mol. The molecular weight excluding hydrogens is 198 g/mol. The molecule has 1 aromatic heterocycles. The quantitative estimate of drug-likeness (QED) is 0.753. The number of H-pyrrole nitrogens is 1. The van der Waals surface area contributed by atoms with Gasteiger partial charge in [0.15, 0.2) is 0 Å². The van der Waals surface area contributed by atoms with Gasteiger partial charge in [-0.1, -0.05) is 6.07 Å². The van der Waals surface area contributed by atoms with E-state index in [1.165, 1.54) is 6.07 Å². The Bertz CT molecular complexity index is 552. The molecule has 0 saturated heterocycles. The van der Waals surface area contributed by atoms with Crippen LogP contribution in [0.15, 0.2) is 27.5 Å². The van der Waals surface area contributed by atoms with E-state index in [2.05, 4.69) is 9.68 Å². The van der Waals surface area contributed by atoms with Crippen molar-refractivity contribution in [3.63, 3.8) is 0 Å². The molecule has 0 amide bonds. The average Bonchev–Trinajstić information content (AvgIpc) is 2.61. The molecule has 15 heavy (non-hydrogen) atoms. The summed E-state index contributed by atoms with van der Waals surface area (Å²) in [5.41, 5.74) is 0.156. The minimum Gasteiger partial charge on any atom is -0.462 e. The first kappa shape index (κ1) is 9.51. The van der Waals surface area contributed by atoms with Crippen LogP contribution in [0, 0.1) is 0 Å². The Morgan fingerprint density at radius 2 is 2.33 bits per heavy atom. The van der Waals surface area contributed by atoms with Crippen molar-refractivity contribution >= 4 is 16.9 Å². The highest BCUT2D eigenvalue weighted by atomic mass is 16.5. The fraction of sp³-hybridized carbons (Fsp3) is 0.200. The van der Waals surface area contributed by atoms with E-state index in [0.717, 1.165) is 0 Å². The highest BCUT2D eigenvalue weighted by Gasteiger charge is 2.15. The van der Waals surface area contributed by atoms with Gasteiger partial charge < -0.3 is 9.26 Å². The molecule has 0 radical (unpaired) electrons. The lowest BCUT2D eigenvalue weighted by atomic mass is 10.1. The third kappa shape index (κ3) is 1.52. The minimum atomic E-state index is -0.561. The third-order valence-electron chi connectivity index (χ3n) is 2.02. The molecule has 0 atom stereocenters. The number of fused-ring (bicyclic) bond motifs is 1. The maximum atomic E-state index is 11.5. The second-order valence-corrected chi connectivity index (χ2v) is 2.94. The Kier molecular flexibility index (Phi) is 2.29. The van der Waals surface area contributed by atoms with Crippen LogP contribution in [-0.4, -0.2) is 17.7 Å². The molecule has 78 valence electrons. The number of carbonyl (C=O) groups is 1. The summed E-state index contributed by atoms with van der Waals surface area (Å²) in [5, 5.41) is 2.66. The first-order valence-corrected chi connectivity index (χ1v) is 4.51. The summed E-state index contributed by atoms with van der Waals surface area (Å²) in [4.78, 5) is 22.8. The number of rotatable bonds is 2. The number of aromatic nitrogens is 1. The van der Waals surface area contributed by atoms with Crippen molar-refractivity contribution in [2.24, 2.45) is 0 Å². The summed E-state index contributed by atoms with van der Waals surface area (Å²) in [6.07, 6.45) is 0. The lowest BCUT2D eigenvalue weighted by molar-refractivity contribution is 0.0528. The van der Waals surface area contributed by atoms with E-state index in [1.807, 2.05) is 0 Å². The molecule has 0 spiro atoms. The van der Waals surface area contributed by atoms with Gasteiger partial charge in [-0.2, -0.15) is 0 Å². The van der Waals surface area contributed by atoms with E-state index in [1.54, 1.807) is 19.1 Å². The second-order valence-electron chi connectivity index (χ2n) is 2.94. The molecule has 2 rings (SSSR count). The summed E-state index contributed by atoms with van der Waals surface area (Å²) in [6.45, 7) is 1.97. The summed E-state index contributed by atoms with van der Waals surface area (Å²) < 4.78 is 9.42. The number of ether oxygens (including phenoxy) is 1. The molecule has 2 aromatic rings. The number of aromatic amines is 1. The van der Waals surface area contributed by atoms with Gasteiger partial charge >= 0.3 is 11.6 Å². The maximum Gasteiger partial charge on any atom is 0.365 e. The summed E-state index contributed by atoms with van der Waals surface area (Å²) in [5.74, 6) is -0.519. The van der Waals surface area contributed by atoms with Crippen molar-refractivity contribution in [3.8, 4) is 0 Å². The summed E-state index contributed by atoms with van der Waals surface area (Å²) >= 11 is 0. The van der Waals surface area contributed by atoms with Gasteiger partial charge in [-0.3, -0.25) is 0 Å². The SMILES string of the molecule is CCOC(=O)c1cccc2[nH]oc(=O)c12. The Hall–Kier alpha value is -2.04. The number of carbonyl (C=O) groups excluding carboxylic acids is 1. The van der Waals surface area contributed by atoms with Crippen molar-refractivity contribution < 1.29 is 14.1 Å². The van der Waals surface area contributed by atoms with Crippen LogP contribution in [0.4, 0.5) is 0 Å². The van der Waals surface area contributed by atoms with Gasteiger partial charge in [0.25, 0.3) is 0 Å². The average molecular weight is 207 g/mol. The van der Waals surface area contributed by atoms with E-state index in [-0.39, 0.29) is 17.6 Å². The van der Waals surface area contributed by atoms with Crippen molar-refractivity contribution in [3.05, 3.63) is 34.2 Å². The summed E-state index contributed by atoms with van der Waals surface area (Å²) in [7, 11) is 0. The van der Waals surface area contributed by atoms with Crippen LogP contribution >= 0.6 is 0 Å². The Labute approximate surface area is 84.6 Å². The molecule has 0 aliphatic carbocycles. The molecule has 5 nitrogen and oxygen atoms in total. The molecule has 1 heterocycles. The molecule has 0 unspecified atom stereocenters. The molecule has 1 aromatic carbocycles. The predicted octanol–water partition coefficient (Wildman–Crippen LogP) is 1.30. The van der Waals surface area contributed by atoms with Gasteiger partial charge in [0.05, 0.1) is 17.7 Å². The normalized spacial score (nSPS) is 10.5. The lowest BCUT2D eigenvalue weighted by Gasteiger charge is -2.00. The molecule has 0 fully saturated rings. The second kappa shape index (κ2) is 3.61. The molecular formula is C10H9NO4. The lowest BCUT2D eigenvalue weighted by Crippen LogP contribution is -2.08. The van der Waals surface area contributed by atoms with Crippen molar-refractivity contribution in [2.45, 2.75) is 6.92 Å². The first-order chi connectivity index (χ1) is 7.24. The van der Waals surface area contributed by atoms with Crippen LogP contribution in [0.1, 0.15) is 17.3 Å². The monoisotopic (exact) mass is 207 g/mol. The Morgan fingerprint density at radius 3 is 3.07 bits per heavy atom. The van der Waals surface area contributed by atoms with Gasteiger partial charge in [-0.15, -0.1) is 0 Å². The smallest absolute Gasteiger partial charge is 0.365 e. The minimum absolute atomic E-state index is 0.226. The van der Waals surface area contributed by atoms with Gasteiger partial charge in [0.2, 0.25) is 0 Å². The molecule has 0 bridgehead atoms. The van der Waals surface area contributed by atoms with Crippen LogP contribution < -0.4 is 5.63 Å². The van der Waals surface area contributed by atoms with E-state index in [0.29, 0.717) is 5.52 Å². The van der Waals surface area contributed by atoms with Crippen molar-refractivity contribution in [2.75, 3.05) is 6.61 Å². The molecule has 0 saturated carbocycles. The fourth-order valence-corrected chi connectivity index (χ4v) is 1.39. The van der Waals surface area contributed by atoms with Gasteiger partial charge in [0, 0.05) is 0 Å². The molecule has 1 N–H and O–H groups in total. The maximum absolute atomic E-state index is 11.5. The van der Waals surface area contributed by atoms with Crippen LogP contribution in [0.5, 0.6) is 0 Å². The van der Waals surface area contributed by atoms with Crippen LogP contribution in [0.25, 0.3) is 10.9 Å². The van der Waals surface area contributed by atoms with Crippen molar-refractivity contribution in [1.82, 2.24) is 5.16 Å². The van der Waals surface area contributed by atoms with E-state index >= 15 is 0 Å². The zero-order valence-electron chi connectivity index (χ0n) is 8.07. The number of hydrogen-bond donors (Lipinski definition) is 1. The van der Waals surface area contributed by atoms with Gasteiger partial charge in [-0.25, -0.2) is 14.7 Å². The van der Waals surface area contributed by atoms with E-state index in [4.69, 9.17) is 4.74 Å². The third-order valence-corrected chi connectivity index (χ3v) is 2.02. The Balaban J connectivity index is 2.64. The Morgan fingerprint density at radius 1 is 1.53 bits per heavy atom. The standard InChI is InChI=1S/C10H9NO4/c1-2-14-9(12)6-4-3-5-7-8(6)10(13)15-11-7/h3-5,11H,2H2,1H3. The highest BCUT2D eigenvalue weighted by Crippen LogP contribution is 2.14. The topological polar surface area (TPSA) is 72.3 Å². The van der Waals surface area contributed by atoms with Crippen LogP contribution in [0.2, 0.25) is 0 Å². The van der Waals surface area contributed by atoms with Crippen molar-refractivity contribution in [1.29, 1.82) is 0 Å². The number of nitrogens with one attached hydrogen (secondary N) is 1. The molecule has 5 heteroatoms. The van der Waals surface area contributed by atoms with Gasteiger partial charge in [-0.05, 0) is 19.1 Å². The van der Waals surface area contributed by atoms with E-state index in [9.17, 15) is 9.59 Å². The molecule has 0 aliphatic heterocycles. The number of esters is 1. The first-order valence-electron chi connectivity index (χ1n) is 4.51. The fourth-order valence-electron chi connectivity index (χ4n) is 1.39. The van der Waals surface area contributed by atoms with Gasteiger partial charge in [0.1, 0.15) is 5.39 Å². The molecule has 0 aliphatic rings. The van der Waals surface area contributed by atoms with Crippen LogP contribution in [0.3, 0.4) is 0 Å². The highest BCUT2D eigenvalue weighted by molar-refractivity contribution is 6.02. The van der Waals surface area contributed by atoms with Crippen LogP contribution in [-0.2, 0) is 4.74 Å².